The third-order valence-electron chi connectivity index (χ3n) is 5.12. The maximum absolute atomic E-state index is 12.9. The molecule has 2 saturated heterocycles. The van der Waals surface area contributed by atoms with Gasteiger partial charge in [-0.3, -0.25) is 19.3 Å². The smallest absolute Gasteiger partial charge is 0.234 e. The second kappa shape index (κ2) is 8.84. The molecule has 1 N–H and O–H groups in total. The molecule has 0 aromatic rings. The van der Waals surface area contributed by atoms with Crippen molar-refractivity contribution in [1.82, 2.24) is 20.0 Å². The van der Waals surface area contributed by atoms with Crippen LogP contribution in [0.15, 0.2) is 0 Å². The molecule has 2 aliphatic heterocycles. The van der Waals surface area contributed by atoms with E-state index in [1.165, 1.54) is 0 Å². The number of likely N-dealkylation sites (N-methyl/N-ethyl adjacent to an activating group) is 1. The Morgan fingerprint density at radius 2 is 1.65 bits per heavy atom. The normalized spacial score (nSPS) is 22.2. The summed E-state index contributed by atoms with van der Waals surface area (Å²) in [5.41, 5.74) is -0.407. The van der Waals surface area contributed by atoms with Gasteiger partial charge in [0.25, 0.3) is 0 Å². The van der Waals surface area contributed by atoms with Gasteiger partial charge in [-0.15, -0.1) is 0 Å². The van der Waals surface area contributed by atoms with Crippen molar-refractivity contribution in [3.63, 3.8) is 0 Å². The fourth-order valence-electron chi connectivity index (χ4n) is 3.68. The number of amides is 3. The van der Waals surface area contributed by atoms with Crippen LogP contribution in [0.3, 0.4) is 0 Å². The van der Waals surface area contributed by atoms with E-state index in [9.17, 15) is 14.4 Å². The van der Waals surface area contributed by atoms with E-state index in [1.807, 2.05) is 37.5 Å². The monoisotopic (exact) mass is 366 g/mol. The van der Waals surface area contributed by atoms with E-state index in [1.54, 1.807) is 0 Å². The van der Waals surface area contributed by atoms with Gasteiger partial charge in [0.05, 0.1) is 12.5 Å². The molecule has 0 aliphatic carbocycles. The zero-order valence-electron chi connectivity index (χ0n) is 16.7. The van der Waals surface area contributed by atoms with Crippen LogP contribution in [0.1, 0.15) is 40.5 Å². The van der Waals surface area contributed by atoms with Crippen LogP contribution in [-0.4, -0.2) is 84.8 Å². The first-order chi connectivity index (χ1) is 12.2. The highest BCUT2D eigenvalue weighted by Crippen LogP contribution is 2.25. The van der Waals surface area contributed by atoms with Crippen LogP contribution < -0.4 is 5.32 Å². The Morgan fingerprint density at radius 3 is 2.23 bits per heavy atom. The van der Waals surface area contributed by atoms with Gasteiger partial charge in [-0.2, -0.15) is 0 Å². The molecule has 2 aliphatic rings. The third-order valence-corrected chi connectivity index (χ3v) is 5.12. The summed E-state index contributed by atoms with van der Waals surface area (Å²) in [6.45, 7) is 12.8. The largest absolute Gasteiger partial charge is 0.355 e. The number of piperidine rings is 1. The summed E-state index contributed by atoms with van der Waals surface area (Å²) in [6, 6.07) is 0. The van der Waals surface area contributed by atoms with Crippen LogP contribution in [0.2, 0.25) is 0 Å². The average Bonchev–Trinajstić information content (AvgIpc) is 2.60. The lowest BCUT2D eigenvalue weighted by molar-refractivity contribution is -0.146. The van der Waals surface area contributed by atoms with Crippen LogP contribution in [0.4, 0.5) is 0 Å². The Kier molecular flexibility index (Phi) is 7.03. The van der Waals surface area contributed by atoms with Crippen molar-refractivity contribution in [1.29, 1.82) is 0 Å². The van der Waals surface area contributed by atoms with Crippen molar-refractivity contribution in [2.24, 2.45) is 11.3 Å². The molecule has 0 bridgehead atoms. The lowest BCUT2D eigenvalue weighted by Crippen LogP contribution is -2.54. The first-order valence-electron chi connectivity index (χ1n) is 9.79. The van der Waals surface area contributed by atoms with Crippen molar-refractivity contribution in [2.45, 2.75) is 40.5 Å². The van der Waals surface area contributed by atoms with Gasteiger partial charge in [0.2, 0.25) is 17.7 Å². The Bertz CT molecular complexity index is 521. The Labute approximate surface area is 157 Å². The van der Waals surface area contributed by atoms with Crippen molar-refractivity contribution in [2.75, 3.05) is 52.4 Å². The van der Waals surface area contributed by atoms with Crippen LogP contribution in [0.25, 0.3) is 0 Å². The fraction of sp³-hybridized carbons (Fsp3) is 0.842. The molecular formula is C19H34N4O3. The van der Waals surface area contributed by atoms with Gasteiger partial charge in [-0.25, -0.2) is 0 Å². The summed E-state index contributed by atoms with van der Waals surface area (Å²) in [5, 5.41) is 2.81. The van der Waals surface area contributed by atoms with E-state index >= 15 is 0 Å². The third kappa shape index (κ3) is 5.43. The SMILES string of the molecule is CCNC(=O)CN1CCN(C(=O)C2CCCN(C(=O)C(C)(C)C)C2)CC1. The summed E-state index contributed by atoms with van der Waals surface area (Å²) in [5.74, 6) is 0.233. The number of nitrogens with zero attached hydrogens (tertiary/aromatic N) is 3. The van der Waals surface area contributed by atoms with Crippen molar-refractivity contribution < 1.29 is 14.4 Å². The molecule has 148 valence electrons. The number of piperazine rings is 1. The molecule has 1 unspecified atom stereocenters. The van der Waals surface area contributed by atoms with Crippen LogP contribution in [0, 0.1) is 11.3 Å². The topological polar surface area (TPSA) is 73.0 Å². The van der Waals surface area contributed by atoms with Gasteiger partial charge in [-0.1, -0.05) is 20.8 Å². The molecule has 0 radical (unpaired) electrons. The number of carbonyl (C=O) groups excluding carboxylic acids is 3. The summed E-state index contributed by atoms with van der Waals surface area (Å²) >= 11 is 0. The van der Waals surface area contributed by atoms with E-state index in [0.717, 1.165) is 32.5 Å². The minimum atomic E-state index is -0.407. The minimum Gasteiger partial charge on any atom is -0.355 e. The number of nitrogens with one attached hydrogen (secondary N) is 1. The van der Waals surface area contributed by atoms with Gasteiger partial charge in [0.15, 0.2) is 0 Å². The molecule has 26 heavy (non-hydrogen) atoms. The predicted molar refractivity (Wildman–Crippen MR) is 100 cm³/mol. The number of hydrogen-bond acceptors (Lipinski definition) is 4. The molecular weight excluding hydrogens is 332 g/mol. The zero-order chi connectivity index (χ0) is 19.3. The molecule has 1 atom stereocenters. The van der Waals surface area contributed by atoms with E-state index in [2.05, 4.69) is 10.2 Å². The Balaban J connectivity index is 1.84. The van der Waals surface area contributed by atoms with Crippen LogP contribution >= 0.6 is 0 Å². The lowest BCUT2D eigenvalue weighted by atomic mass is 9.90. The number of likely N-dealkylation sites (tertiary alicyclic amines) is 1. The number of hydrogen-bond donors (Lipinski definition) is 1. The Hall–Kier alpha value is -1.63. The molecule has 0 aromatic heterocycles. The highest BCUT2D eigenvalue weighted by Gasteiger charge is 2.35. The average molecular weight is 367 g/mol. The van der Waals surface area contributed by atoms with Gasteiger partial charge in [0.1, 0.15) is 0 Å². The van der Waals surface area contributed by atoms with E-state index in [0.29, 0.717) is 32.7 Å². The summed E-state index contributed by atoms with van der Waals surface area (Å²) < 4.78 is 0. The van der Waals surface area contributed by atoms with Crippen LogP contribution in [0.5, 0.6) is 0 Å². The standard InChI is InChI=1S/C19H34N4O3/c1-5-20-16(24)14-21-9-11-22(12-10-21)17(25)15-7-6-8-23(13-15)18(26)19(2,3)4/h15H,5-14H2,1-4H3,(H,20,24). The fourth-order valence-corrected chi connectivity index (χ4v) is 3.68. The molecule has 0 saturated carbocycles. The summed E-state index contributed by atoms with van der Waals surface area (Å²) in [7, 11) is 0. The predicted octanol–water partition coefficient (Wildman–Crippen LogP) is 0.551. The molecule has 2 rings (SSSR count). The summed E-state index contributed by atoms with van der Waals surface area (Å²) in [4.78, 5) is 42.9. The van der Waals surface area contributed by atoms with E-state index in [4.69, 9.17) is 0 Å². The van der Waals surface area contributed by atoms with E-state index < -0.39 is 5.41 Å². The molecule has 2 fully saturated rings. The second-order valence-electron chi connectivity index (χ2n) is 8.40. The van der Waals surface area contributed by atoms with Gasteiger partial charge in [-0.05, 0) is 19.8 Å². The number of rotatable bonds is 4. The molecule has 3 amide bonds. The number of carbonyl (C=O) groups is 3. The van der Waals surface area contributed by atoms with Crippen molar-refractivity contribution in [3.8, 4) is 0 Å². The molecule has 2 heterocycles. The van der Waals surface area contributed by atoms with Gasteiger partial charge in [0, 0.05) is 51.2 Å². The van der Waals surface area contributed by atoms with Crippen LogP contribution in [-0.2, 0) is 14.4 Å². The molecule has 0 aromatic carbocycles. The molecule has 7 nitrogen and oxygen atoms in total. The quantitative estimate of drug-likeness (QED) is 0.789. The summed E-state index contributed by atoms with van der Waals surface area (Å²) in [6.07, 6.45) is 1.74. The highest BCUT2D eigenvalue weighted by molar-refractivity contribution is 5.84. The maximum Gasteiger partial charge on any atom is 0.234 e. The maximum atomic E-state index is 12.9. The lowest BCUT2D eigenvalue weighted by Gasteiger charge is -2.40. The second-order valence-corrected chi connectivity index (χ2v) is 8.40. The van der Waals surface area contributed by atoms with E-state index in [-0.39, 0.29) is 23.6 Å². The molecule has 7 heteroatoms. The Morgan fingerprint density at radius 1 is 1.00 bits per heavy atom. The van der Waals surface area contributed by atoms with Crippen molar-refractivity contribution >= 4 is 17.7 Å². The minimum absolute atomic E-state index is 0.0379. The first kappa shape index (κ1) is 20.7. The van der Waals surface area contributed by atoms with Crippen molar-refractivity contribution in [3.05, 3.63) is 0 Å². The first-order valence-corrected chi connectivity index (χ1v) is 9.79. The van der Waals surface area contributed by atoms with Gasteiger partial charge < -0.3 is 15.1 Å². The molecule has 0 spiro atoms. The zero-order valence-corrected chi connectivity index (χ0v) is 16.7. The highest BCUT2D eigenvalue weighted by atomic mass is 16.2. The van der Waals surface area contributed by atoms with Gasteiger partial charge >= 0.3 is 0 Å².